The zero-order chi connectivity index (χ0) is 14.2. The first-order chi connectivity index (χ1) is 9.83. The molecule has 1 fully saturated rings. The summed E-state index contributed by atoms with van der Waals surface area (Å²) in [5.74, 6) is 1.10. The van der Waals surface area contributed by atoms with Crippen LogP contribution in [-0.4, -0.2) is 37.2 Å². The molecule has 114 valence electrons. The number of ether oxygens (including phenoxy) is 1. The summed E-state index contributed by atoms with van der Waals surface area (Å²) >= 11 is 0. The summed E-state index contributed by atoms with van der Waals surface area (Å²) in [5.41, 5.74) is 1.28. The molecule has 4 nitrogen and oxygen atoms in total. The summed E-state index contributed by atoms with van der Waals surface area (Å²) in [7, 11) is 0. The fourth-order valence-electron chi connectivity index (χ4n) is 2.70. The molecule has 1 unspecified atom stereocenters. The van der Waals surface area contributed by atoms with E-state index in [9.17, 15) is 0 Å². The van der Waals surface area contributed by atoms with Gasteiger partial charge in [-0.05, 0) is 38.4 Å². The topological polar surface area (TPSA) is 37.6 Å². The number of nitrogens with one attached hydrogen (secondary N) is 1. The third-order valence-electron chi connectivity index (χ3n) is 3.79. The second-order valence-electron chi connectivity index (χ2n) is 5.52. The first-order valence-electron chi connectivity index (χ1n) is 7.93. The minimum absolute atomic E-state index is 0.399. The van der Waals surface area contributed by atoms with Gasteiger partial charge in [0.15, 0.2) is 0 Å². The van der Waals surface area contributed by atoms with E-state index in [1.807, 2.05) is 0 Å². The molecule has 0 spiro atoms. The standard InChI is InChI=1S/C16H28N2O2/c1-3-9-19-15-6-5-8-18(12-15)13-16-14(7-10-20-16)11-17-4-2/h7,10,15,17H,3-6,8-9,11-13H2,1-2H3. The first kappa shape index (κ1) is 15.5. The Hall–Kier alpha value is -0.840. The van der Waals surface area contributed by atoms with Crippen molar-refractivity contribution in [3.05, 3.63) is 23.7 Å². The molecule has 1 aromatic heterocycles. The summed E-state index contributed by atoms with van der Waals surface area (Å²) in [6.07, 6.45) is 5.71. The Kier molecular flexibility index (Phi) is 6.57. The molecule has 1 aliphatic heterocycles. The van der Waals surface area contributed by atoms with Crippen LogP contribution in [0.5, 0.6) is 0 Å². The van der Waals surface area contributed by atoms with Crippen molar-refractivity contribution in [3.8, 4) is 0 Å². The van der Waals surface area contributed by atoms with Crippen LogP contribution in [0.4, 0.5) is 0 Å². The molecule has 0 aromatic carbocycles. The van der Waals surface area contributed by atoms with Crippen LogP contribution in [0.2, 0.25) is 0 Å². The van der Waals surface area contributed by atoms with Crippen LogP contribution in [0.3, 0.4) is 0 Å². The van der Waals surface area contributed by atoms with Crippen LogP contribution in [0, 0.1) is 0 Å². The highest BCUT2D eigenvalue weighted by atomic mass is 16.5. The van der Waals surface area contributed by atoms with E-state index in [0.29, 0.717) is 6.10 Å². The zero-order valence-corrected chi connectivity index (χ0v) is 12.9. The maximum absolute atomic E-state index is 5.89. The molecule has 0 saturated carbocycles. The van der Waals surface area contributed by atoms with E-state index in [4.69, 9.17) is 9.15 Å². The maximum atomic E-state index is 5.89. The van der Waals surface area contributed by atoms with Gasteiger partial charge in [-0.1, -0.05) is 13.8 Å². The summed E-state index contributed by atoms with van der Waals surface area (Å²) in [5, 5.41) is 3.36. The second kappa shape index (κ2) is 8.45. The smallest absolute Gasteiger partial charge is 0.122 e. The van der Waals surface area contributed by atoms with Crippen LogP contribution >= 0.6 is 0 Å². The molecule has 1 aromatic rings. The number of nitrogens with zero attached hydrogens (tertiary/aromatic N) is 1. The van der Waals surface area contributed by atoms with E-state index in [2.05, 4.69) is 30.1 Å². The van der Waals surface area contributed by atoms with Gasteiger partial charge in [0.2, 0.25) is 0 Å². The van der Waals surface area contributed by atoms with Crippen LogP contribution in [-0.2, 0) is 17.8 Å². The van der Waals surface area contributed by atoms with Gasteiger partial charge in [-0.15, -0.1) is 0 Å². The Bertz CT molecular complexity index is 378. The summed E-state index contributed by atoms with van der Waals surface area (Å²) in [6.45, 7) is 10.1. The third-order valence-corrected chi connectivity index (χ3v) is 3.79. The maximum Gasteiger partial charge on any atom is 0.122 e. The van der Waals surface area contributed by atoms with E-state index < -0.39 is 0 Å². The Labute approximate surface area is 122 Å². The van der Waals surface area contributed by atoms with Crippen molar-refractivity contribution < 1.29 is 9.15 Å². The normalized spacial score (nSPS) is 20.4. The van der Waals surface area contributed by atoms with Gasteiger partial charge in [-0.25, -0.2) is 0 Å². The summed E-state index contributed by atoms with van der Waals surface area (Å²) in [6, 6.07) is 2.08. The van der Waals surface area contributed by atoms with E-state index in [1.54, 1.807) is 6.26 Å². The highest BCUT2D eigenvalue weighted by molar-refractivity contribution is 5.16. The minimum Gasteiger partial charge on any atom is -0.468 e. The van der Waals surface area contributed by atoms with E-state index >= 15 is 0 Å². The van der Waals surface area contributed by atoms with E-state index in [0.717, 1.165) is 51.5 Å². The molecule has 1 atom stereocenters. The van der Waals surface area contributed by atoms with E-state index in [-0.39, 0.29) is 0 Å². The van der Waals surface area contributed by atoms with Gasteiger partial charge < -0.3 is 14.5 Å². The van der Waals surface area contributed by atoms with Crippen molar-refractivity contribution in [1.29, 1.82) is 0 Å². The minimum atomic E-state index is 0.399. The van der Waals surface area contributed by atoms with E-state index in [1.165, 1.54) is 18.4 Å². The number of rotatable bonds is 8. The average Bonchev–Trinajstić information content (AvgIpc) is 2.90. The van der Waals surface area contributed by atoms with Gasteiger partial charge in [0.1, 0.15) is 5.76 Å². The Morgan fingerprint density at radius 3 is 3.15 bits per heavy atom. The lowest BCUT2D eigenvalue weighted by atomic mass is 10.1. The van der Waals surface area contributed by atoms with Crippen LogP contribution in [0.25, 0.3) is 0 Å². The predicted molar refractivity (Wildman–Crippen MR) is 80.6 cm³/mol. The lowest BCUT2D eigenvalue weighted by Crippen LogP contribution is -2.39. The number of likely N-dealkylation sites (tertiary alicyclic amines) is 1. The lowest BCUT2D eigenvalue weighted by molar-refractivity contribution is -0.00382. The van der Waals surface area contributed by atoms with Gasteiger partial charge in [0.05, 0.1) is 18.9 Å². The van der Waals surface area contributed by atoms with Gasteiger partial charge >= 0.3 is 0 Å². The molecule has 20 heavy (non-hydrogen) atoms. The van der Waals surface area contributed by atoms with Crippen molar-refractivity contribution in [2.45, 2.75) is 52.3 Å². The molecular weight excluding hydrogens is 252 g/mol. The number of hydrogen-bond donors (Lipinski definition) is 1. The molecule has 1 N–H and O–H groups in total. The average molecular weight is 280 g/mol. The van der Waals surface area contributed by atoms with Crippen LogP contribution in [0.15, 0.2) is 16.7 Å². The molecule has 2 rings (SSSR count). The fourth-order valence-corrected chi connectivity index (χ4v) is 2.70. The predicted octanol–water partition coefficient (Wildman–Crippen LogP) is 2.78. The molecule has 2 heterocycles. The highest BCUT2D eigenvalue weighted by Gasteiger charge is 2.21. The molecule has 0 bridgehead atoms. The van der Waals surface area contributed by atoms with Gasteiger partial charge in [0, 0.05) is 25.3 Å². The second-order valence-corrected chi connectivity index (χ2v) is 5.52. The molecule has 1 saturated heterocycles. The zero-order valence-electron chi connectivity index (χ0n) is 12.9. The lowest BCUT2D eigenvalue weighted by Gasteiger charge is -2.32. The van der Waals surface area contributed by atoms with Crippen molar-refractivity contribution in [3.63, 3.8) is 0 Å². The van der Waals surface area contributed by atoms with Gasteiger partial charge in [-0.3, -0.25) is 4.90 Å². The summed E-state index contributed by atoms with van der Waals surface area (Å²) in [4.78, 5) is 2.46. The Balaban J connectivity index is 1.84. The summed E-state index contributed by atoms with van der Waals surface area (Å²) < 4.78 is 11.6. The molecule has 0 radical (unpaired) electrons. The monoisotopic (exact) mass is 280 g/mol. The third kappa shape index (κ3) is 4.62. The van der Waals surface area contributed by atoms with Crippen LogP contribution < -0.4 is 5.32 Å². The molecule has 1 aliphatic rings. The number of hydrogen-bond acceptors (Lipinski definition) is 4. The fraction of sp³-hybridized carbons (Fsp3) is 0.750. The Morgan fingerprint density at radius 1 is 1.45 bits per heavy atom. The van der Waals surface area contributed by atoms with Crippen molar-refractivity contribution >= 4 is 0 Å². The van der Waals surface area contributed by atoms with Crippen LogP contribution in [0.1, 0.15) is 44.4 Å². The first-order valence-corrected chi connectivity index (χ1v) is 7.93. The van der Waals surface area contributed by atoms with Crippen molar-refractivity contribution in [2.24, 2.45) is 0 Å². The highest BCUT2D eigenvalue weighted by Crippen LogP contribution is 2.19. The molecular formula is C16H28N2O2. The molecule has 0 amide bonds. The quantitative estimate of drug-likeness (QED) is 0.794. The van der Waals surface area contributed by atoms with Gasteiger partial charge in [-0.2, -0.15) is 0 Å². The SMILES string of the molecule is CCCOC1CCCN(Cc2occc2CNCC)C1. The van der Waals surface area contributed by atoms with Crippen molar-refractivity contribution in [1.82, 2.24) is 10.2 Å². The van der Waals surface area contributed by atoms with Gasteiger partial charge in [0.25, 0.3) is 0 Å². The molecule has 0 aliphatic carbocycles. The number of piperidine rings is 1. The Morgan fingerprint density at radius 2 is 2.35 bits per heavy atom. The molecule has 4 heteroatoms. The number of furan rings is 1. The largest absolute Gasteiger partial charge is 0.468 e. The van der Waals surface area contributed by atoms with Crippen molar-refractivity contribution in [2.75, 3.05) is 26.2 Å².